The van der Waals surface area contributed by atoms with Crippen molar-refractivity contribution in [2.24, 2.45) is 0 Å². The molecule has 0 saturated carbocycles. The van der Waals surface area contributed by atoms with Gasteiger partial charge in [0.05, 0.1) is 10.9 Å². The van der Waals surface area contributed by atoms with Gasteiger partial charge in [-0.2, -0.15) is 0 Å². The van der Waals surface area contributed by atoms with Crippen LogP contribution in [0.25, 0.3) is 10.9 Å². The molecule has 0 spiro atoms. The van der Waals surface area contributed by atoms with Crippen molar-refractivity contribution in [3.63, 3.8) is 0 Å². The number of amides is 1. The maximum atomic E-state index is 12.7. The normalized spacial score (nSPS) is 10.9. The number of rotatable bonds is 7. The molecule has 6 nitrogen and oxygen atoms in total. The van der Waals surface area contributed by atoms with E-state index in [1.165, 1.54) is 4.57 Å². The highest BCUT2D eigenvalue weighted by Gasteiger charge is 2.10. The highest BCUT2D eigenvalue weighted by molar-refractivity contribution is 7.71. The summed E-state index contributed by atoms with van der Waals surface area (Å²) in [7, 11) is 1.62. The zero-order chi connectivity index (χ0) is 20.1. The number of H-pyrrole nitrogens is 1. The van der Waals surface area contributed by atoms with Crippen LogP contribution in [-0.4, -0.2) is 29.2 Å². The van der Waals surface area contributed by atoms with Crippen molar-refractivity contribution in [1.29, 1.82) is 0 Å². The molecule has 1 aromatic heterocycles. The average molecular weight is 398 g/mol. The summed E-state index contributed by atoms with van der Waals surface area (Å²) in [5.74, 6) is -0.202. The number of nitrogens with zero attached hydrogens (tertiary/aromatic N) is 1. The molecule has 146 valence electrons. The molecule has 0 unspecified atom stereocenters. The summed E-state index contributed by atoms with van der Waals surface area (Å²) < 4.78 is 6.89. The van der Waals surface area contributed by atoms with E-state index in [1.807, 2.05) is 31.2 Å². The van der Waals surface area contributed by atoms with Crippen molar-refractivity contribution in [3.05, 3.63) is 74.3 Å². The predicted molar refractivity (Wildman–Crippen MR) is 112 cm³/mol. The number of aromatic amines is 1. The van der Waals surface area contributed by atoms with E-state index in [2.05, 4.69) is 10.3 Å². The van der Waals surface area contributed by atoms with Crippen LogP contribution in [0.2, 0.25) is 0 Å². The summed E-state index contributed by atoms with van der Waals surface area (Å²) >= 11 is 5.32. The van der Waals surface area contributed by atoms with Crippen molar-refractivity contribution in [3.8, 4) is 0 Å². The minimum Gasteiger partial charge on any atom is -0.385 e. The lowest BCUT2D eigenvalue weighted by atomic mass is 10.1. The van der Waals surface area contributed by atoms with Crippen LogP contribution in [0.4, 0.5) is 0 Å². The summed E-state index contributed by atoms with van der Waals surface area (Å²) in [6.45, 7) is 3.49. The van der Waals surface area contributed by atoms with Gasteiger partial charge in [-0.15, -0.1) is 0 Å². The molecular weight excluding hydrogens is 374 g/mol. The minimum absolute atomic E-state index is 0.165. The second-order valence-corrected chi connectivity index (χ2v) is 7.05. The summed E-state index contributed by atoms with van der Waals surface area (Å²) in [4.78, 5) is 28.3. The summed E-state index contributed by atoms with van der Waals surface area (Å²) in [6, 6.07) is 13.0. The largest absolute Gasteiger partial charge is 0.385 e. The Hall–Kier alpha value is -2.77. The first-order valence-corrected chi connectivity index (χ1v) is 9.50. The number of aromatic nitrogens is 2. The first kappa shape index (κ1) is 20.0. The SMILES string of the molecule is COCCCn1c(=S)[nH]c2cc(C(=O)NCc3cccc(C)c3)ccc2c1=O. The third-order valence-corrected chi connectivity index (χ3v) is 4.83. The van der Waals surface area contributed by atoms with E-state index in [0.29, 0.717) is 47.4 Å². The van der Waals surface area contributed by atoms with E-state index < -0.39 is 0 Å². The van der Waals surface area contributed by atoms with Crippen LogP contribution in [0.5, 0.6) is 0 Å². The van der Waals surface area contributed by atoms with E-state index >= 15 is 0 Å². The van der Waals surface area contributed by atoms with Crippen LogP contribution in [0, 0.1) is 11.7 Å². The number of ether oxygens (including phenoxy) is 1. The van der Waals surface area contributed by atoms with Gasteiger partial charge in [-0.25, -0.2) is 0 Å². The van der Waals surface area contributed by atoms with Gasteiger partial charge in [-0.1, -0.05) is 29.8 Å². The Morgan fingerprint density at radius 1 is 1.25 bits per heavy atom. The lowest BCUT2D eigenvalue weighted by Gasteiger charge is -2.10. The Labute approximate surface area is 168 Å². The van der Waals surface area contributed by atoms with E-state index in [0.717, 1.165) is 11.1 Å². The first-order chi connectivity index (χ1) is 13.5. The van der Waals surface area contributed by atoms with Gasteiger partial charge >= 0.3 is 0 Å². The van der Waals surface area contributed by atoms with Crippen LogP contribution in [0.3, 0.4) is 0 Å². The Morgan fingerprint density at radius 3 is 2.82 bits per heavy atom. The summed E-state index contributed by atoms with van der Waals surface area (Å²) in [5.41, 5.74) is 3.05. The molecule has 0 aliphatic carbocycles. The van der Waals surface area contributed by atoms with Gasteiger partial charge in [0, 0.05) is 32.4 Å². The molecule has 0 fully saturated rings. The predicted octanol–water partition coefficient (Wildman–Crippen LogP) is 3.33. The van der Waals surface area contributed by atoms with Crippen molar-refractivity contribution in [1.82, 2.24) is 14.9 Å². The molecule has 3 aromatic rings. The van der Waals surface area contributed by atoms with Crippen LogP contribution in [-0.2, 0) is 17.8 Å². The van der Waals surface area contributed by atoms with Crippen LogP contribution < -0.4 is 10.9 Å². The van der Waals surface area contributed by atoms with Gasteiger partial charge in [-0.3, -0.25) is 14.2 Å². The fourth-order valence-electron chi connectivity index (χ4n) is 3.07. The minimum atomic E-state index is -0.202. The number of hydrogen-bond donors (Lipinski definition) is 2. The number of fused-ring (bicyclic) bond motifs is 1. The third kappa shape index (κ3) is 4.55. The standard InChI is InChI=1S/C21H23N3O3S/c1-14-5-3-6-15(11-14)13-22-19(25)16-7-8-17-18(12-16)23-21(28)24(20(17)26)9-4-10-27-2/h3,5-8,11-12H,4,9-10,13H2,1-2H3,(H,22,25)(H,23,28). The van der Waals surface area contributed by atoms with Crippen LogP contribution in [0.15, 0.2) is 47.3 Å². The number of carbonyl (C=O) groups excluding carboxylic acids is 1. The Balaban J connectivity index is 1.81. The third-order valence-electron chi connectivity index (χ3n) is 4.51. The molecule has 7 heteroatoms. The number of hydrogen-bond acceptors (Lipinski definition) is 4. The second-order valence-electron chi connectivity index (χ2n) is 6.67. The highest BCUT2D eigenvalue weighted by atomic mass is 32.1. The highest BCUT2D eigenvalue weighted by Crippen LogP contribution is 2.12. The zero-order valence-electron chi connectivity index (χ0n) is 16.0. The fraction of sp³-hybridized carbons (Fsp3) is 0.286. The van der Waals surface area contributed by atoms with Crippen molar-refractivity contribution in [2.75, 3.05) is 13.7 Å². The number of methoxy groups -OCH3 is 1. The molecule has 28 heavy (non-hydrogen) atoms. The molecule has 2 N–H and O–H groups in total. The smallest absolute Gasteiger partial charge is 0.262 e. The molecule has 0 bridgehead atoms. The number of benzene rings is 2. The average Bonchev–Trinajstić information content (AvgIpc) is 2.68. The quantitative estimate of drug-likeness (QED) is 0.474. The van der Waals surface area contributed by atoms with E-state index in [-0.39, 0.29) is 11.5 Å². The molecule has 2 aromatic carbocycles. The lowest BCUT2D eigenvalue weighted by Crippen LogP contribution is -2.24. The van der Waals surface area contributed by atoms with Gasteiger partial charge in [0.15, 0.2) is 4.77 Å². The van der Waals surface area contributed by atoms with E-state index in [1.54, 1.807) is 25.3 Å². The molecule has 0 aliphatic heterocycles. The fourth-order valence-corrected chi connectivity index (χ4v) is 3.36. The summed E-state index contributed by atoms with van der Waals surface area (Å²) in [6.07, 6.45) is 0.693. The first-order valence-electron chi connectivity index (χ1n) is 9.09. The van der Waals surface area contributed by atoms with E-state index in [4.69, 9.17) is 17.0 Å². The van der Waals surface area contributed by atoms with Gasteiger partial charge in [-0.05, 0) is 49.3 Å². The molecule has 1 heterocycles. The van der Waals surface area contributed by atoms with E-state index in [9.17, 15) is 9.59 Å². The Kier molecular flexibility index (Phi) is 6.38. The van der Waals surface area contributed by atoms with Gasteiger partial charge in [0.25, 0.3) is 11.5 Å². The topological polar surface area (TPSA) is 76.1 Å². The number of aryl methyl sites for hydroxylation is 1. The molecule has 3 rings (SSSR count). The van der Waals surface area contributed by atoms with Crippen LogP contribution >= 0.6 is 12.2 Å². The van der Waals surface area contributed by atoms with Crippen LogP contribution in [0.1, 0.15) is 27.9 Å². The van der Waals surface area contributed by atoms with Gasteiger partial charge in [0.1, 0.15) is 0 Å². The zero-order valence-corrected chi connectivity index (χ0v) is 16.8. The van der Waals surface area contributed by atoms with Gasteiger partial charge < -0.3 is 15.0 Å². The molecule has 0 radical (unpaired) electrons. The summed E-state index contributed by atoms with van der Waals surface area (Å²) in [5, 5.41) is 3.41. The maximum Gasteiger partial charge on any atom is 0.262 e. The molecule has 0 saturated heterocycles. The molecule has 0 aliphatic rings. The lowest BCUT2D eigenvalue weighted by molar-refractivity contribution is 0.0951. The maximum absolute atomic E-state index is 12.7. The molecule has 1 amide bonds. The second kappa shape index (κ2) is 8.95. The molecule has 0 atom stereocenters. The monoisotopic (exact) mass is 397 g/mol. The van der Waals surface area contributed by atoms with Gasteiger partial charge in [0.2, 0.25) is 0 Å². The Morgan fingerprint density at radius 2 is 2.07 bits per heavy atom. The van der Waals surface area contributed by atoms with Crippen molar-refractivity contribution in [2.45, 2.75) is 26.4 Å². The van der Waals surface area contributed by atoms with Crippen molar-refractivity contribution >= 4 is 29.0 Å². The Bertz CT molecular complexity index is 1120. The number of carbonyl (C=O) groups is 1. The van der Waals surface area contributed by atoms with Crippen molar-refractivity contribution < 1.29 is 9.53 Å². The number of nitrogens with one attached hydrogen (secondary N) is 2. The molecular formula is C21H23N3O3S.